The summed E-state index contributed by atoms with van der Waals surface area (Å²) in [6.45, 7) is 59.6. The summed E-state index contributed by atoms with van der Waals surface area (Å²) in [6.07, 6.45) is 24.0. The van der Waals surface area contributed by atoms with Crippen molar-refractivity contribution in [1.29, 1.82) is 0 Å². The van der Waals surface area contributed by atoms with E-state index in [2.05, 4.69) is 166 Å². The van der Waals surface area contributed by atoms with E-state index in [0.717, 1.165) is 35.5 Å². The number of unbranched alkanes of at least 4 members (excludes halogenated alkanes) is 2. The smallest absolute Gasteiger partial charge is 0.0317 e. The van der Waals surface area contributed by atoms with Crippen molar-refractivity contribution in [2.24, 2.45) is 78.8 Å². The van der Waals surface area contributed by atoms with E-state index in [1.807, 2.05) is 0 Å². The van der Waals surface area contributed by atoms with Crippen molar-refractivity contribution >= 4 is 0 Å². The molecule has 0 aromatic rings. The minimum absolute atomic E-state index is 0.360. The Morgan fingerprint density at radius 2 is 0.455 bits per heavy atom. The van der Waals surface area contributed by atoms with Crippen molar-refractivity contribution in [1.82, 2.24) is 0 Å². The molecule has 0 N–H and O–H groups in total. The third-order valence-electron chi connectivity index (χ3n) is 13.8. The highest BCUT2D eigenvalue weighted by Crippen LogP contribution is 2.47. The van der Waals surface area contributed by atoms with Crippen molar-refractivity contribution < 1.29 is 0 Å². The lowest BCUT2D eigenvalue weighted by Gasteiger charge is -2.41. The Kier molecular flexibility index (Phi) is 22.0. The highest BCUT2D eigenvalue weighted by Gasteiger charge is 2.37. The second kappa shape index (κ2) is 22.0. The first-order chi connectivity index (χ1) is 24.3. The Bertz CT molecular complexity index is 886. The quantitative estimate of drug-likeness (QED) is 0.0962. The Morgan fingerprint density at radius 1 is 0.236 bits per heavy atom. The van der Waals surface area contributed by atoms with Gasteiger partial charge in [0.2, 0.25) is 0 Å². The molecule has 332 valence electrons. The molecule has 0 nitrogen and oxygen atoms in total. The molecule has 0 aliphatic carbocycles. The average molecular weight is 774 g/mol. The SMILES string of the molecule is CC(C)(C)CC(CCCC(CCCCCC(C(C)(C)C)C(C)(C)C)CC(CCCC(C(C)(C)C)C(C)(C)C)CCCC(C(C)(C)C)C(C)(C)C)CC(C)(C)C. The molecular weight excluding hydrogens is 661 g/mol. The monoisotopic (exact) mass is 773 g/mol. The van der Waals surface area contributed by atoms with Gasteiger partial charge >= 0.3 is 0 Å². The third-order valence-corrected chi connectivity index (χ3v) is 13.8. The molecule has 0 aromatic carbocycles. The largest absolute Gasteiger partial charge is 0.0602 e. The fraction of sp³-hybridized carbons (Fsp3) is 1.00. The molecule has 0 heterocycles. The summed E-state index contributed by atoms with van der Waals surface area (Å²) in [6, 6.07) is 0. The van der Waals surface area contributed by atoms with E-state index in [1.54, 1.807) is 0 Å². The lowest BCUT2D eigenvalue weighted by molar-refractivity contribution is 0.0837. The van der Waals surface area contributed by atoms with Gasteiger partial charge in [0.05, 0.1) is 0 Å². The van der Waals surface area contributed by atoms with Gasteiger partial charge in [0, 0.05) is 0 Å². The summed E-state index contributed by atoms with van der Waals surface area (Å²) in [7, 11) is 0. The zero-order chi connectivity index (χ0) is 43.5. The molecule has 55 heavy (non-hydrogen) atoms. The molecule has 1 unspecified atom stereocenters. The fourth-order valence-electron chi connectivity index (χ4n) is 12.6. The molecule has 0 fully saturated rings. The van der Waals surface area contributed by atoms with Crippen LogP contribution in [-0.4, -0.2) is 0 Å². The minimum atomic E-state index is 0.360. The van der Waals surface area contributed by atoms with Gasteiger partial charge < -0.3 is 0 Å². The zero-order valence-corrected chi connectivity index (χ0v) is 43.5. The summed E-state index contributed by atoms with van der Waals surface area (Å²) < 4.78 is 0. The van der Waals surface area contributed by atoms with E-state index < -0.39 is 0 Å². The Balaban J connectivity index is 6.26. The van der Waals surface area contributed by atoms with Gasteiger partial charge in [-0.05, 0) is 117 Å². The summed E-state index contributed by atoms with van der Waals surface area (Å²) in [5.41, 5.74) is 3.02. The van der Waals surface area contributed by atoms with Crippen molar-refractivity contribution in [3.05, 3.63) is 0 Å². The van der Waals surface area contributed by atoms with Crippen molar-refractivity contribution in [2.75, 3.05) is 0 Å². The number of hydrogen-bond donors (Lipinski definition) is 0. The molecule has 0 aliphatic heterocycles. The standard InChI is InChI=1S/C55H112/c1-48(2,3)40-44(41-49(4,5)6)35-28-32-42(31-26-25-27-36-45(50(7,8)9)51(10,11)12)39-43(33-29-37-46(52(13,14)15)53(16,17)18)34-30-38-47(54(19,20)21)55(22,23)24/h42-47H,25-41H2,1-24H3. The van der Waals surface area contributed by atoms with Crippen LogP contribution in [0.5, 0.6) is 0 Å². The molecule has 0 aliphatic rings. The van der Waals surface area contributed by atoms with Crippen LogP contribution in [0.15, 0.2) is 0 Å². The fourth-order valence-corrected chi connectivity index (χ4v) is 12.6. The highest BCUT2D eigenvalue weighted by atomic mass is 14.4. The van der Waals surface area contributed by atoms with E-state index in [1.165, 1.54) is 109 Å². The van der Waals surface area contributed by atoms with E-state index in [9.17, 15) is 0 Å². The van der Waals surface area contributed by atoms with E-state index in [4.69, 9.17) is 0 Å². The Hall–Kier alpha value is 0. The average Bonchev–Trinajstić information content (AvgIpc) is 2.88. The zero-order valence-electron chi connectivity index (χ0n) is 43.5. The Labute approximate surface area is 352 Å². The molecule has 0 radical (unpaired) electrons. The normalized spacial score (nSPS) is 15.4. The first-order valence-electron chi connectivity index (χ1n) is 24.3. The third kappa shape index (κ3) is 25.3. The lowest BCUT2D eigenvalue weighted by atomic mass is 9.64. The van der Waals surface area contributed by atoms with Gasteiger partial charge in [-0.1, -0.05) is 237 Å². The van der Waals surface area contributed by atoms with Crippen LogP contribution in [0.25, 0.3) is 0 Å². The van der Waals surface area contributed by atoms with Crippen LogP contribution in [0.4, 0.5) is 0 Å². The first-order valence-corrected chi connectivity index (χ1v) is 24.3. The second-order valence-corrected chi connectivity index (χ2v) is 28.6. The van der Waals surface area contributed by atoms with Gasteiger partial charge in [-0.3, -0.25) is 0 Å². The summed E-state index contributed by atoms with van der Waals surface area (Å²) in [4.78, 5) is 0. The Morgan fingerprint density at radius 3 is 0.727 bits per heavy atom. The molecular formula is C55H112. The molecule has 0 saturated heterocycles. The molecule has 0 rings (SSSR count). The first kappa shape index (κ1) is 55.0. The molecule has 1 atom stereocenters. The summed E-state index contributed by atoms with van der Waals surface area (Å²) >= 11 is 0. The maximum Gasteiger partial charge on any atom is -0.0317 e. The van der Waals surface area contributed by atoms with Gasteiger partial charge in [0.15, 0.2) is 0 Å². The topological polar surface area (TPSA) is 0 Å². The van der Waals surface area contributed by atoms with Crippen molar-refractivity contribution in [3.63, 3.8) is 0 Å². The summed E-state index contributed by atoms with van der Waals surface area (Å²) in [5, 5.41) is 0. The molecule has 0 saturated carbocycles. The van der Waals surface area contributed by atoms with Gasteiger partial charge in [-0.15, -0.1) is 0 Å². The van der Waals surface area contributed by atoms with E-state index >= 15 is 0 Å². The minimum Gasteiger partial charge on any atom is -0.0602 e. The second-order valence-electron chi connectivity index (χ2n) is 28.6. The van der Waals surface area contributed by atoms with Gasteiger partial charge in [-0.2, -0.15) is 0 Å². The molecule has 0 heteroatoms. The van der Waals surface area contributed by atoms with Crippen LogP contribution in [-0.2, 0) is 0 Å². The van der Waals surface area contributed by atoms with Gasteiger partial charge in [0.1, 0.15) is 0 Å². The van der Waals surface area contributed by atoms with E-state index in [-0.39, 0.29) is 0 Å². The van der Waals surface area contributed by atoms with E-state index in [0.29, 0.717) is 43.3 Å². The van der Waals surface area contributed by atoms with Crippen LogP contribution < -0.4 is 0 Å². The van der Waals surface area contributed by atoms with Gasteiger partial charge in [-0.25, -0.2) is 0 Å². The van der Waals surface area contributed by atoms with Crippen LogP contribution in [0.2, 0.25) is 0 Å². The van der Waals surface area contributed by atoms with Gasteiger partial charge in [0.25, 0.3) is 0 Å². The predicted octanol–water partition coefficient (Wildman–Crippen LogP) is 19.7. The van der Waals surface area contributed by atoms with Crippen molar-refractivity contribution in [2.45, 2.75) is 275 Å². The maximum absolute atomic E-state index is 2.49. The molecule has 0 aromatic heterocycles. The molecule has 0 spiro atoms. The van der Waals surface area contributed by atoms with Crippen molar-refractivity contribution in [3.8, 4) is 0 Å². The highest BCUT2D eigenvalue weighted by molar-refractivity contribution is 4.87. The number of rotatable bonds is 22. The molecule has 0 bridgehead atoms. The van der Waals surface area contributed by atoms with Crippen LogP contribution >= 0.6 is 0 Å². The number of hydrogen-bond acceptors (Lipinski definition) is 0. The lowest BCUT2D eigenvalue weighted by Crippen LogP contribution is -2.33. The summed E-state index contributed by atoms with van der Waals surface area (Å²) in [5.74, 6) is 4.90. The maximum atomic E-state index is 2.49. The van der Waals surface area contributed by atoms with Crippen LogP contribution in [0, 0.1) is 78.8 Å². The van der Waals surface area contributed by atoms with Crippen LogP contribution in [0.3, 0.4) is 0 Å². The predicted molar refractivity (Wildman–Crippen MR) is 255 cm³/mol. The van der Waals surface area contributed by atoms with Crippen LogP contribution in [0.1, 0.15) is 275 Å². The molecule has 0 amide bonds.